The highest BCUT2D eigenvalue weighted by Crippen LogP contribution is 2.52. The van der Waals surface area contributed by atoms with E-state index in [-0.39, 0.29) is 29.0 Å². The van der Waals surface area contributed by atoms with Gasteiger partial charge >= 0.3 is 6.18 Å². The quantitative estimate of drug-likeness (QED) is 0.349. The van der Waals surface area contributed by atoms with E-state index in [1.807, 2.05) is 30.0 Å². The molecule has 4 aliphatic heterocycles. The molecule has 0 amide bonds. The molecular formula is C31H32F3N3OS. The van der Waals surface area contributed by atoms with E-state index in [4.69, 9.17) is 4.74 Å². The Balaban J connectivity index is 1.08. The van der Waals surface area contributed by atoms with Gasteiger partial charge in [0.15, 0.2) is 0 Å². The zero-order valence-corrected chi connectivity index (χ0v) is 22.4. The lowest BCUT2D eigenvalue weighted by atomic mass is 9.76. The first-order valence-electron chi connectivity index (χ1n) is 13.8. The number of hydrogen-bond donors (Lipinski definition) is 2. The second-order valence-corrected chi connectivity index (χ2v) is 12.7. The van der Waals surface area contributed by atoms with Gasteiger partial charge in [0.1, 0.15) is 0 Å². The van der Waals surface area contributed by atoms with Crippen molar-refractivity contribution in [3.05, 3.63) is 89.5 Å². The van der Waals surface area contributed by atoms with Crippen molar-refractivity contribution in [3.8, 4) is 0 Å². The molecule has 2 N–H and O–H groups in total. The predicted molar refractivity (Wildman–Crippen MR) is 149 cm³/mol. The van der Waals surface area contributed by atoms with E-state index in [1.165, 1.54) is 22.7 Å². The van der Waals surface area contributed by atoms with Crippen LogP contribution in [0.3, 0.4) is 0 Å². The molecule has 0 unspecified atom stereocenters. The van der Waals surface area contributed by atoms with Crippen LogP contribution in [0.25, 0.3) is 0 Å². The van der Waals surface area contributed by atoms with Crippen LogP contribution in [0.1, 0.15) is 54.5 Å². The van der Waals surface area contributed by atoms with Crippen LogP contribution in [0.15, 0.2) is 77.7 Å². The van der Waals surface area contributed by atoms with E-state index in [0.29, 0.717) is 5.56 Å². The predicted octanol–water partition coefficient (Wildman–Crippen LogP) is 7.72. The molecule has 1 spiro atoms. The van der Waals surface area contributed by atoms with E-state index >= 15 is 0 Å². The SMILES string of the molecule is FC(F)(F)c1ccc2c(c1)[C@H]1O[C@@H](CN3CCC4(CC3)Nc3ccccc3S4)CC[C@H]1[C@H](c1ccccc1)N2. The highest BCUT2D eigenvalue weighted by molar-refractivity contribution is 8.01. The molecule has 204 valence electrons. The maximum Gasteiger partial charge on any atom is 0.416 e. The van der Waals surface area contributed by atoms with Crippen molar-refractivity contribution >= 4 is 23.1 Å². The topological polar surface area (TPSA) is 36.5 Å². The Morgan fingerprint density at radius 3 is 2.46 bits per heavy atom. The first-order chi connectivity index (χ1) is 18.9. The minimum Gasteiger partial charge on any atom is -0.378 e. The molecule has 39 heavy (non-hydrogen) atoms. The highest BCUT2D eigenvalue weighted by Gasteiger charge is 2.45. The summed E-state index contributed by atoms with van der Waals surface area (Å²) in [5.74, 6) is 0.0712. The molecule has 0 bridgehead atoms. The molecule has 0 aliphatic carbocycles. The third-order valence-corrected chi connectivity index (χ3v) is 10.3. The standard InChI is InChI=1S/C31H32F3N3OS/c32-31(33,34)21-10-13-25-24(18-21)29-23(28(35-25)20-6-2-1-3-7-20)12-11-22(38-29)19-37-16-14-30(15-17-37)36-26-8-4-5-9-27(26)39-30/h1-10,13,18,22-23,28-29,35-36H,11-12,14-17,19H2/t22-,23+,28+,29+/m1/s1. The lowest BCUT2D eigenvalue weighted by molar-refractivity contribution is -0.138. The summed E-state index contributed by atoms with van der Waals surface area (Å²) in [6.07, 6.45) is -0.859. The minimum atomic E-state index is -4.38. The number of benzene rings is 3. The van der Waals surface area contributed by atoms with Gasteiger partial charge in [0.25, 0.3) is 0 Å². The normalized spacial score (nSPS) is 27.7. The Morgan fingerprint density at radius 1 is 0.923 bits per heavy atom. The molecule has 4 nitrogen and oxygen atoms in total. The molecule has 0 aromatic heterocycles. The van der Waals surface area contributed by atoms with Gasteiger partial charge < -0.3 is 20.3 Å². The number of nitrogens with one attached hydrogen (secondary N) is 2. The van der Waals surface area contributed by atoms with Crippen molar-refractivity contribution in [2.24, 2.45) is 5.92 Å². The van der Waals surface area contributed by atoms with Crippen LogP contribution in [-0.4, -0.2) is 35.5 Å². The molecule has 0 radical (unpaired) electrons. The van der Waals surface area contributed by atoms with Gasteiger partial charge in [0, 0.05) is 47.4 Å². The lowest BCUT2D eigenvalue weighted by Crippen LogP contribution is -2.49. The molecule has 7 rings (SSSR count). The van der Waals surface area contributed by atoms with Crippen molar-refractivity contribution in [3.63, 3.8) is 0 Å². The summed E-state index contributed by atoms with van der Waals surface area (Å²) in [5.41, 5.74) is 3.13. The first kappa shape index (κ1) is 25.3. The molecule has 4 heterocycles. The van der Waals surface area contributed by atoms with Crippen molar-refractivity contribution in [1.82, 2.24) is 4.90 Å². The molecule has 0 saturated carbocycles. The molecule has 2 saturated heterocycles. The summed E-state index contributed by atoms with van der Waals surface area (Å²) in [6.45, 7) is 2.77. The molecule has 3 aromatic rings. The molecular weight excluding hydrogens is 519 g/mol. The van der Waals surface area contributed by atoms with Crippen molar-refractivity contribution in [2.75, 3.05) is 30.3 Å². The summed E-state index contributed by atoms with van der Waals surface area (Å²) in [5, 5.41) is 7.32. The minimum absolute atomic E-state index is 0.00129. The highest BCUT2D eigenvalue weighted by atomic mass is 32.2. The van der Waals surface area contributed by atoms with Gasteiger partial charge in [-0.15, -0.1) is 0 Å². The summed E-state index contributed by atoms with van der Waals surface area (Å²) >= 11 is 1.95. The van der Waals surface area contributed by atoms with Gasteiger partial charge in [0.05, 0.1) is 28.7 Å². The molecule has 3 aromatic carbocycles. The second-order valence-electron chi connectivity index (χ2n) is 11.3. The Labute approximate surface area is 231 Å². The number of fused-ring (bicyclic) bond motifs is 4. The largest absolute Gasteiger partial charge is 0.416 e. The third-order valence-electron chi connectivity index (χ3n) is 8.81. The van der Waals surface area contributed by atoms with E-state index < -0.39 is 11.7 Å². The first-order valence-corrected chi connectivity index (χ1v) is 14.7. The third kappa shape index (κ3) is 4.81. The smallest absolute Gasteiger partial charge is 0.378 e. The van der Waals surface area contributed by atoms with Crippen LogP contribution in [0.4, 0.5) is 24.5 Å². The van der Waals surface area contributed by atoms with Gasteiger partial charge in [-0.05, 0) is 61.6 Å². The fourth-order valence-corrected chi connectivity index (χ4v) is 8.15. The van der Waals surface area contributed by atoms with E-state index in [0.717, 1.165) is 56.6 Å². The summed E-state index contributed by atoms with van der Waals surface area (Å²) < 4.78 is 47.7. The Kier molecular flexibility index (Phi) is 6.32. The number of ether oxygens (including phenoxy) is 1. The lowest BCUT2D eigenvalue weighted by Gasteiger charge is -2.47. The zero-order chi connectivity index (χ0) is 26.6. The number of halogens is 3. The Hall–Kier alpha value is -2.68. The van der Waals surface area contributed by atoms with Crippen molar-refractivity contribution in [1.29, 1.82) is 0 Å². The monoisotopic (exact) mass is 551 g/mol. The van der Waals surface area contributed by atoms with Gasteiger partial charge in [0.2, 0.25) is 0 Å². The summed E-state index contributed by atoms with van der Waals surface area (Å²) in [6, 6.07) is 22.8. The van der Waals surface area contributed by atoms with Crippen LogP contribution in [0.5, 0.6) is 0 Å². The van der Waals surface area contributed by atoms with Crippen molar-refractivity contribution < 1.29 is 17.9 Å². The van der Waals surface area contributed by atoms with Gasteiger partial charge in [-0.2, -0.15) is 13.2 Å². The fraction of sp³-hybridized carbons (Fsp3) is 0.419. The Morgan fingerprint density at radius 2 is 1.69 bits per heavy atom. The summed E-state index contributed by atoms with van der Waals surface area (Å²) in [7, 11) is 0. The number of anilines is 2. The van der Waals surface area contributed by atoms with Crippen LogP contribution < -0.4 is 10.6 Å². The van der Waals surface area contributed by atoms with E-state index in [9.17, 15) is 13.2 Å². The number of para-hydroxylation sites is 1. The van der Waals surface area contributed by atoms with Gasteiger partial charge in [-0.25, -0.2) is 0 Å². The second kappa shape index (κ2) is 9.75. The molecule has 2 fully saturated rings. The van der Waals surface area contributed by atoms with Crippen LogP contribution >= 0.6 is 11.8 Å². The molecule has 8 heteroatoms. The summed E-state index contributed by atoms with van der Waals surface area (Å²) in [4.78, 5) is 3.86. The van der Waals surface area contributed by atoms with Crippen LogP contribution in [0, 0.1) is 5.92 Å². The molecule has 4 aliphatic rings. The molecule has 4 atom stereocenters. The number of rotatable bonds is 3. The Bertz CT molecular complexity index is 1320. The van der Waals surface area contributed by atoms with E-state index in [2.05, 4.69) is 51.9 Å². The number of thioether (sulfide) groups is 1. The maximum atomic E-state index is 13.6. The number of likely N-dealkylation sites (tertiary alicyclic amines) is 1. The average molecular weight is 552 g/mol. The number of alkyl halides is 3. The van der Waals surface area contributed by atoms with Gasteiger partial charge in [-0.1, -0.05) is 54.2 Å². The number of piperidine rings is 1. The maximum absolute atomic E-state index is 13.6. The van der Waals surface area contributed by atoms with Crippen LogP contribution in [0.2, 0.25) is 0 Å². The fourth-order valence-electron chi connectivity index (χ4n) is 6.81. The number of hydrogen-bond acceptors (Lipinski definition) is 5. The zero-order valence-electron chi connectivity index (χ0n) is 21.6. The number of nitrogens with zero attached hydrogens (tertiary/aromatic N) is 1. The van der Waals surface area contributed by atoms with Crippen LogP contribution in [-0.2, 0) is 10.9 Å². The van der Waals surface area contributed by atoms with Crippen molar-refractivity contribution in [2.45, 2.75) is 59.9 Å². The van der Waals surface area contributed by atoms with Gasteiger partial charge in [-0.3, -0.25) is 0 Å². The average Bonchev–Trinajstić information content (AvgIpc) is 3.31. The van der Waals surface area contributed by atoms with E-state index in [1.54, 1.807) is 6.07 Å².